The zero-order valence-electron chi connectivity index (χ0n) is 27.2. The van der Waals surface area contributed by atoms with E-state index in [2.05, 4.69) is 164 Å². The van der Waals surface area contributed by atoms with Gasteiger partial charge in [-0.3, -0.25) is 9.56 Å². The standard InChI is InChI=1S/C45H35N3/c1-29-35(36-17-9-10-18-41(36)46-29)24-21-31-22-25-37-39(27-31)44(32-13-5-3-6-14-32)38-26-23-34(28-40(38)45(37)33-15-7-4-8-16-33)48-30(2)47-42-19-11-12-20-43(42)48/h3-20,22-23,25-28,35H,21,24H2,1-2H3. The molecule has 0 amide bonds. The lowest BCUT2D eigenvalue weighted by atomic mass is 9.84. The van der Waals surface area contributed by atoms with E-state index in [1.165, 1.54) is 60.6 Å². The van der Waals surface area contributed by atoms with Crippen LogP contribution in [0.1, 0.15) is 36.2 Å². The summed E-state index contributed by atoms with van der Waals surface area (Å²) in [5.41, 5.74) is 13.3. The third kappa shape index (κ3) is 4.65. The number of aromatic nitrogens is 2. The fourth-order valence-corrected chi connectivity index (χ4v) is 7.91. The highest BCUT2D eigenvalue weighted by molar-refractivity contribution is 6.21. The fraction of sp³-hybridized carbons (Fsp3) is 0.111. The molecule has 1 aliphatic rings. The Morgan fingerprint density at radius 3 is 1.96 bits per heavy atom. The molecule has 0 spiro atoms. The highest BCUT2D eigenvalue weighted by Crippen LogP contribution is 2.45. The summed E-state index contributed by atoms with van der Waals surface area (Å²) in [5, 5.41) is 5.05. The van der Waals surface area contributed by atoms with Crippen LogP contribution in [0.5, 0.6) is 0 Å². The second-order valence-electron chi connectivity index (χ2n) is 13.0. The second kappa shape index (κ2) is 11.5. The normalized spacial score (nSPS) is 14.1. The van der Waals surface area contributed by atoms with Crippen LogP contribution in [0.25, 0.3) is 60.5 Å². The number of imidazole rings is 1. The van der Waals surface area contributed by atoms with Crippen LogP contribution < -0.4 is 0 Å². The molecule has 8 aromatic rings. The molecule has 2 heterocycles. The number of hydrogen-bond acceptors (Lipinski definition) is 2. The van der Waals surface area contributed by atoms with E-state index in [1.54, 1.807) is 0 Å². The molecule has 48 heavy (non-hydrogen) atoms. The average molecular weight is 618 g/mol. The maximum atomic E-state index is 4.89. The molecule has 0 N–H and O–H groups in total. The summed E-state index contributed by atoms with van der Waals surface area (Å²) in [6, 6.07) is 52.9. The number of rotatable bonds is 6. The zero-order chi connectivity index (χ0) is 32.2. The Balaban J connectivity index is 1.27. The zero-order valence-corrected chi connectivity index (χ0v) is 27.2. The van der Waals surface area contributed by atoms with Crippen LogP contribution in [-0.2, 0) is 6.42 Å². The van der Waals surface area contributed by atoms with Gasteiger partial charge in [0.25, 0.3) is 0 Å². The molecule has 0 aliphatic carbocycles. The largest absolute Gasteiger partial charge is 0.297 e. The Hall–Kier alpha value is -5.80. The van der Waals surface area contributed by atoms with Gasteiger partial charge in [0.05, 0.1) is 16.7 Å². The first-order valence-electron chi connectivity index (χ1n) is 16.9. The first kappa shape index (κ1) is 28.4. The number of hydrogen-bond donors (Lipinski definition) is 0. The summed E-state index contributed by atoms with van der Waals surface area (Å²) in [4.78, 5) is 9.78. The van der Waals surface area contributed by atoms with Gasteiger partial charge < -0.3 is 0 Å². The Morgan fingerprint density at radius 1 is 0.583 bits per heavy atom. The van der Waals surface area contributed by atoms with Crippen LogP contribution in [0.4, 0.5) is 5.69 Å². The van der Waals surface area contributed by atoms with Gasteiger partial charge in [-0.15, -0.1) is 0 Å². The Kier molecular flexibility index (Phi) is 6.79. The van der Waals surface area contributed by atoms with Crippen LogP contribution in [0.3, 0.4) is 0 Å². The van der Waals surface area contributed by atoms with E-state index in [-0.39, 0.29) is 0 Å². The van der Waals surface area contributed by atoms with Crippen LogP contribution in [0, 0.1) is 6.92 Å². The molecule has 0 saturated carbocycles. The van der Waals surface area contributed by atoms with E-state index in [9.17, 15) is 0 Å². The maximum Gasteiger partial charge on any atom is 0.111 e. The van der Waals surface area contributed by atoms with E-state index in [0.29, 0.717) is 5.92 Å². The van der Waals surface area contributed by atoms with Crippen molar-refractivity contribution in [2.75, 3.05) is 0 Å². The summed E-state index contributed by atoms with van der Waals surface area (Å²) in [6.07, 6.45) is 2.03. The van der Waals surface area contributed by atoms with Crippen molar-refractivity contribution in [1.82, 2.24) is 9.55 Å². The van der Waals surface area contributed by atoms with Crippen molar-refractivity contribution in [3.05, 3.63) is 163 Å². The van der Waals surface area contributed by atoms with E-state index in [0.717, 1.165) is 41.1 Å². The highest BCUT2D eigenvalue weighted by atomic mass is 15.1. The molecule has 7 aromatic carbocycles. The van der Waals surface area contributed by atoms with E-state index in [4.69, 9.17) is 9.98 Å². The Bertz CT molecular complexity index is 2520. The molecule has 1 aromatic heterocycles. The third-order valence-corrected chi connectivity index (χ3v) is 10.1. The third-order valence-electron chi connectivity index (χ3n) is 10.1. The minimum atomic E-state index is 0.364. The molecular formula is C45H35N3. The lowest BCUT2D eigenvalue weighted by Crippen LogP contribution is -2.06. The van der Waals surface area contributed by atoms with Gasteiger partial charge in [-0.2, -0.15) is 0 Å². The molecule has 3 nitrogen and oxygen atoms in total. The van der Waals surface area contributed by atoms with Crippen molar-refractivity contribution in [2.24, 2.45) is 4.99 Å². The molecule has 0 saturated heterocycles. The van der Waals surface area contributed by atoms with Crippen LogP contribution in [0.2, 0.25) is 0 Å². The molecule has 230 valence electrons. The summed E-state index contributed by atoms with van der Waals surface area (Å²) < 4.78 is 2.28. The second-order valence-corrected chi connectivity index (χ2v) is 13.0. The van der Waals surface area contributed by atoms with Crippen molar-refractivity contribution in [3.8, 4) is 27.9 Å². The van der Waals surface area contributed by atoms with Gasteiger partial charge in [0, 0.05) is 17.3 Å². The molecule has 0 radical (unpaired) electrons. The van der Waals surface area contributed by atoms with Gasteiger partial charge in [0.1, 0.15) is 5.82 Å². The predicted octanol–water partition coefficient (Wildman–Crippen LogP) is 11.8. The highest BCUT2D eigenvalue weighted by Gasteiger charge is 2.24. The number of benzene rings is 7. The fourth-order valence-electron chi connectivity index (χ4n) is 7.91. The molecule has 1 unspecified atom stereocenters. The summed E-state index contributed by atoms with van der Waals surface area (Å²) >= 11 is 0. The molecule has 9 rings (SSSR count). The minimum Gasteiger partial charge on any atom is -0.297 e. The van der Waals surface area contributed by atoms with E-state index >= 15 is 0 Å². The Morgan fingerprint density at radius 2 is 1.21 bits per heavy atom. The van der Waals surface area contributed by atoms with Crippen molar-refractivity contribution >= 4 is 44.0 Å². The lowest BCUT2D eigenvalue weighted by Gasteiger charge is -2.20. The van der Waals surface area contributed by atoms with Crippen LogP contribution in [-0.4, -0.2) is 15.3 Å². The van der Waals surface area contributed by atoms with Crippen molar-refractivity contribution < 1.29 is 0 Å². The van der Waals surface area contributed by atoms with Crippen LogP contribution in [0.15, 0.2) is 151 Å². The van der Waals surface area contributed by atoms with Gasteiger partial charge in [0.2, 0.25) is 0 Å². The predicted molar refractivity (Wildman–Crippen MR) is 202 cm³/mol. The number of para-hydroxylation sites is 3. The number of aliphatic imine (C=N–C) groups is 1. The molecule has 0 fully saturated rings. The number of aryl methyl sites for hydroxylation is 2. The average Bonchev–Trinajstić information content (AvgIpc) is 3.64. The lowest BCUT2D eigenvalue weighted by molar-refractivity contribution is 0.776. The topological polar surface area (TPSA) is 30.2 Å². The smallest absolute Gasteiger partial charge is 0.111 e. The van der Waals surface area contributed by atoms with Crippen molar-refractivity contribution in [1.29, 1.82) is 0 Å². The molecule has 0 bridgehead atoms. The molecule has 3 heteroatoms. The minimum absolute atomic E-state index is 0.364. The first-order valence-corrected chi connectivity index (χ1v) is 16.9. The van der Waals surface area contributed by atoms with Gasteiger partial charge in [-0.25, -0.2) is 4.98 Å². The first-order chi connectivity index (χ1) is 23.6. The Labute approximate surface area is 280 Å². The van der Waals surface area contributed by atoms with Crippen molar-refractivity contribution in [3.63, 3.8) is 0 Å². The maximum absolute atomic E-state index is 4.89. The summed E-state index contributed by atoms with van der Waals surface area (Å²) in [5.74, 6) is 1.35. The summed E-state index contributed by atoms with van der Waals surface area (Å²) in [6.45, 7) is 4.27. The monoisotopic (exact) mass is 617 g/mol. The molecule has 1 atom stereocenters. The van der Waals surface area contributed by atoms with Crippen LogP contribution >= 0.6 is 0 Å². The summed E-state index contributed by atoms with van der Waals surface area (Å²) in [7, 11) is 0. The molecular weight excluding hydrogens is 583 g/mol. The quantitative estimate of drug-likeness (QED) is 0.171. The SMILES string of the molecule is CC1=Nc2ccccc2C1CCc1ccc2c(-c3ccccc3)c3cc(-n4c(C)nc5ccccc54)ccc3c(-c3ccccc3)c2c1. The number of fused-ring (bicyclic) bond motifs is 4. The van der Waals surface area contributed by atoms with Gasteiger partial charge >= 0.3 is 0 Å². The van der Waals surface area contributed by atoms with E-state index < -0.39 is 0 Å². The van der Waals surface area contributed by atoms with E-state index in [1.807, 2.05) is 0 Å². The molecule has 1 aliphatic heterocycles. The van der Waals surface area contributed by atoms with Crippen molar-refractivity contribution in [2.45, 2.75) is 32.6 Å². The number of nitrogens with zero attached hydrogens (tertiary/aromatic N) is 3. The van der Waals surface area contributed by atoms with Gasteiger partial charge in [-0.05, 0) is 112 Å². The van der Waals surface area contributed by atoms with Gasteiger partial charge in [0.15, 0.2) is 0 Å². The van der Waals surface area contributed by atoms with Gasteiger partial charge in [-0.1, -0.05) is 115 Å².